The first-order chi connectivity index (χ1) is 6.72. The van der Waals surface area contributed by atoms with Gasteiger partial charge in [0.2, 0.25) is 0 Å². The van der Waals surface area contributed by atoms with Crippen molar-refractivity contribution in [2.45, 2.75) is 45.4 Å². The Kier molecular flexibility index (Phi) is 2.85. The average molecular weight is 197 g/mol. The second-order valence-corrected chi connectivity index (χ2v) is 5.36. The van der Waals surface area contributed by atoms with Crippen LogP contribution >= 0.6 is 0 Å². The van der Waals surface area contributed by atoms with E-state index in [4.69, 9.17) is 10.5 Å². The van der Waals surface area contributed by atoms with Crippen molar-refractivity contribution in [1.29, 1.82) is 0 Å². The highest BCUT2D eigenvalue weighted by molar-refractivity contribution is 4.99. The maximum atomic E-state index is 6.04. The minimum atomic E-state index is 0.441. The fraction of sp³-hybridized carbons (Fsp3) is 1.00. The summed E-state index contributed by atoms with van der Waals surface area (Å²) in [7, 11) is 0. The van der Waals surface area contributed by atoms with Crippen molar-refractivity contribution in [2.24, 2.45) is 16.6 Å². The summed E-state index contributed by atoms with van der Waals surface area (Å²) in [5.74, 6) is 0. The first-order valence-electron chi connectivity index (χ1n) is 6.00. The average Bonchev–Trinajstić information content (AvgIpc) is 2.68. The summed E-state index contributed by atoms with van der Waals surface area (Å²) in [6, 6.07) is 0. The predicted octanol–water partition coefficient (Wildman–Crippen LogP) is 2.32. The largest absolute Gasteiger partial charge is 0.381 e. The number of hydrogen-bond donors (Lipinski definition) is 1. The zero-order valence-corrected chi connectivity index (χ0v) is 9.35. The number of ether oxygens (including phenoxy) is 1. The molecule has 0 radical (unpaired) electrons. The summed E-state index contributed by atoms with van der Waals surface area (Å²) < 4.78 is 5.47. The van der Waals surface area contributed by atoms with Crippen molar-refractivity contribution in [1.82, 2.24) is 0 Å². The van der Waals surface area contributed by atoms with Gasteiger partial charge in [-0.1, -0.05) is 19.8 Å². The molecule has 2 heteroatoms. The molecule has 0 aromatic heterocycles. The maximum absolute atomic E-state index is 6.04. The Balaban J connectivity index is 2.15. The maximum Gasteiger partial charge on any atom is 0.0471 e. The van der Waals surface area contributed by atoms with E-state index >= 15 is 0 Å². The summed E-state index contributed by atoms with van der Waals surface area (Å²) in [6.07, 6.45) is 7.88. The van der Waals surface area contributed by atoms with E-state index in [1.165, 1.54) is 38.5 Å². The molecule has 82 valence electrons. The fourth-order valence-corrected chi connectivity index (χ4v) is 3.46. The first-order valence-corrected chi connectivity index (χ1v) is 6.00. The number of nitrogens with two attached hydrogens (primary N) is 1. The Morgan fingerprint density at radius 2 is 1.64 bits per heavy atom. The monoisotopic (exact) mass is 197 g/mol. The van der Waals surface area contributed by atoms with E-state index in [0.717, 1.165) is 19.8 Å². The molecule has 1 heterocycles. The van der Waals surface area contributed by atoms with Gasteiger partial charge in [0.05, 0.1) is 0 Å². The zero-order chi connectivity index (χ0) is 10.1. The van der Waals surface area contributed by atoms with Crippen molar-refractivity contribution in [2.75, 3.05) is 19.8 Å². The Morgan fingerprint density at radius 1 is 1.07 bits per heavy atom. The van der Waals surface area contributed by atoms with Gasteiger partial charge in [0.25, 0.3) is 0 Å². The first kappa shape index (κ1) is 10.4. The summed E-state index contributed by atoms with van der Waals surface area (Å²) in [6.45, 7) is 5.20. The van der Waals surface area contributed by atoms with Gasteiger partial charge in [-0.3, -0.25) is 0 Å². The predicted molar refractivity (Wildman–Crippen MR) is 58.1 cm³/mol. The van der Waals surface area contributed by atoms with Crippen LogP contribution in [0.3, 0.4) is 0 Å². The van der Waals surface area contributed by atoms with Gasteiger partial charge in [0.1, 0.15) is 0 Å². The summed E-state index contributed by atoms with van der Waals surface area (Å²) >= 11 is 0. The minimum absolute atomic E-state index is 0.441. The molecule has 0 amide bonds. The molecular weight excluding hydrogens is 174 g/mol. The lowest BCUT2D eigenvalue weighted by atomic mass is 9.59. The molecule has 2 rings (SSSR count). The molecule has 0 aromatic rings. The van der Waals surface area contributed by atoms with Gasteiger partial charge in [0, 0.05) is 13.2 Å². The Labute approximate surface area is 87.2 Å². The molecule has 0 atom stereocenters. The third-order valence-corrected chi connectivity index (χ3v) is 4.83. The van der Waals surface area contributed by atoms with E-state index in [1.54, 1.807) is 0 Å². The van der Waals surface area contributed by atoms with Crippen LogP contribution in [-0.2, 0) is 4.74 Å². The fourth-order valence-electron chi connectivity index (χ4n) is 3.46. The van der Waals surface area contributed by atoms with E-state index in [2.05, 4.69) is 6.92 Å². The van der Waals surface area contributed by atoms with Crippen molar-refractivity contribution in [3.05, 3.63) is 0 Å². The standard InChI is InChI=1S/C12H23NO/c1-11(6-8-14-9-7-11)12(10-13)4-2-3-5-12/h2-10,13H2,1H3. The molecule has 2 aliphatic rings. The SMILES string of the molecule is CC1(C2(CN)CCCC2)CCOCC1. The Bertz CT molecular complexity index is 190. The van der Waals surface area contributed by atoms with Gasteiger partial charge in [-0.05, 0) is 43.1 Å². The highest BCUT2D eigenvalue weighted by Gasteiger charge is 2.48. The van der Waals surface area contributed by atoms with Gasteiger partial charge in [-0.25, -0.2) is 0 Å². The van der Waals surface area contributed by atoms with Gasteiger partial charge in [-0.2, -0.15) is 0 Å². The number of hydrogen-bond acceptors (Lipinski definition) is 2. The normalized spacial score (nSPS) is 30.4. The van der Waals surface area contributed by atoms with Crippen LogP contribution in [0.4, 0.5) is 0 Å². The third kappa shape index (κ3) is 1.49. The van der Waals surface area contributed by atoms with Crippen LogP contribution in [-0.4, -0.2) is 19.8 Å². The lowest BCUT2D eigenvalue weighted by Crippen LogP contribution is -2.46. The third-order valence-electron chi connectivity index (χ3n) is 4.83. The summed E-state index contributed by atoms with van der Waals surface area (Å²) in [4.78, 5) is 0. The van der Waals surface area contributed by atoms with E-state index in [0.29, 0.717) is 10.8 Å². The van der Waals surface area contributed by atoms with Crippen molar-refractivity contribution in [3.8, 4) is 0 Å². The molecule has 1 saturated carbocycles. The molecule has 2 fully saturated rings. The molecule has 0 aromatic carbocycles. The van der Waals surface area contributed by atoms with Crippen LogP contribution in [0.15, 0.2) is 0 Å². The van der Waals surface area contributed by atoms with E-state index in [1.807, 2.05) is 0 Å². The molecule has 0 spiro atoms. The van der Waals surface area contributed by atoms with Crippen molar-refractivity contribution >= 4 is 0 Å². The Morgan fingerprint density at radius 3 is 2.14 bits per heavy atom. The van der Waals surface area contributed by atoms with Crippen LogP contribution in [0.2, 0.25) is 0 Å². The van der Waals surface area contributed by atoms with Crippen LogP contribution in [0.25, 0.3) is 0 Å². The van der Waals surface area contributed by atoms with Gasteiger partial charge < -0.3 is 10.5 Å². The van der Waals surface area contributed by atoms with Crippen LogP contribution in [0, 0.1) is 10.8 Å². The van der Waals surface area contributed by atoms with E-state index in [9.17, 15) is 0 Å². The quantitative estimate of drug-likeness (QED) is 0.737. The smallest absolute Gasteiger partial charge is 0.0471 e. The lowest BCUT2D eigenvalue weighted by Gasteiger charge is -2.48. The van der Waals surface area contributed by atoms with Gasteiger partial charge in [0.15, 0.2) is 0 Å². The molecule has 1 aliphatic carbocycles. The van der Waals surface area contributed by atoms with Crippen LogP contribution in [0.1, 0.15) is 45.4 Å². The van der Waals surface area contributed by atoms with Gasteiger partial charge >= 0.3 is 0 Å². The Hall–Kier alpha value is -0.0800. The molecule has 2 N–H and O–H groups in total. The van der Waals surface area contributed by atoms with Crippen molar-refractivity contribution < 1.29 is 4.74 Å². The van der Waals surface area contributed by atoms with Crippen molar-refractivity contribution in [3.63, 3.8) is 0 Å². The molecule has 1 saturated heterocycles. The summed E-state index contributed by atoms with van der Waals surface area (Å²) in [5, 5.41) is 0. The molecular formula is C12H23NO. The zero-order valence-electron chi connectivity index (χ0n) is 9.35. The summed E-state index contributed by atoms with van der Waals surface area (Å²) in [5.41, 5.74) is 6.94. The second-order valence-electron chi connectivity index (χ2n) is 5.36. The molecule has 1 aliphatic heterocycles. The van der Waals surface area contributed by atoms with E-state index < -0.39 is 0 Å². The molecule has 0 bridgehead atoms. The number of rotatable bonds is 2. The lowest BCUT2D eigenvalue weighted by molar-refractivity contribution is -0.0510. The molecule has 14 heavy (non-hydrogen) atoms. The topological polar surface area (TPSA) is 35.2 Å². The highest BCUT2D eigenvalue weighted by Crippen LogP contribution is 2.55. The molecule has 0 unspecified atom stereocenters. The van der Waals surface area contributed by atoms with Crippen LogP contribution < -0.4 is 5.73 Å². The second kappa shape index (κ2) is 3.82. The van der Waals surface area contributed by atoms with Crippen LogP contribution in [0.5, 0.6) is 0 Å². The highest BCUT2D eigenvalue weighted by atomic mass is 16.5. The molecule has 2 nitrogen and oxygen atoms in total. The minimum Gasteiger partial charge on any atom is -0.381 e. The van der Waals surface area contributed by atoms with E-state index in [-0.39, 0.29) is 0 Å². The van der Waals surface area contributed by atoms with Gasteiger partial charge in [-0.15, -0.1) is 0 Å².